The van der Waals surface area contributed by atoms with Crippen LogP contribution in [0.25, 0.3) is 0 Å². The average molecular weight is 251 g/mol. The summed E-state index contributed by atoms with van der Waals surface area (Å²) < 4.78 is 37.2. The standard InChI is InChI=1S/C7H7Cl2F3O2/c1-2-14-4-3-5(13)6(8,9)7(10,11)12/h3-4H,2H2,1H3. The van der Waals surface area contributed by atoms with Crippen molar-refractivity contribution in [2.75, 3.05) is 6.61 Å². The fourth-order valence-electron chi connectivity index (χ4n) is 0.450. The van der Waals surface area contributed by atoms with Gasteiger partial charge >= 0.3 is 6.18 Å². The van der Waals surface area contributed by atoms with Gasteiger partial charge in [-0.1, -0.05) is 23.2 Å². The van der Waals surface area contributed by atoms with Crippen LogP contribution in [0.2, 0.25) is 0 Å². The van der Waals surface area contributed by atoms with Gasteiger partial charge in [0, 0.05) is 6.08 Å². The normalized spacial score (nSPS) is 13.3. The number of ketones is 1. The molecule has 0 fully saturated rings. The molecule has 0 aromatic heterocycles. The van der Waals surface area contributed by atoms with Gasteiger partial charge in [0.25, 0.3) is 4.33 Å². The summed E-state index contributed by atoms with van der Waals surface area (Å²) in [6.07, 6.45) is -3.66. The SMILES string of the molecule is CCOC=CC(=O)C(Cl)(Cl)C(F)(F)F. The second kappa shape index (κ2) is 4.89. The first-order chi connectivity index (χ1) is 6.23. The second-order valence-electron chi connectivity index (χ2n) is 2.19. The van der Waals surface area contributed by atoms with Crippen LogP contribution < -0.4 is 0 Å². The van der Waals surface area contributed by atoms with Gasteiger partial charge in [-0.2, -0.15) is 13.2 Å². The third-order valence-corrected chi connectivity index (χ3v) is 1.95. The van der Waals surface area contributed by atoms with E-state index in [1.807, 2.05) is 0 Å². The van der Waals surface area contributed by atoms with E-state index >= 15 is 0 Å². The molecule has 0 atom stereocenters. The first-order valence-corrected chi connectivity index (χ1v) is 4.26. The lowest BCUT2D eigenvalue weighted by molar-refractivity contribution is -0.154. The summed E-state index contributed by atoms with van der Waals surface area (Å²) in [5.74, 6) is -1.48. The topological polar surface area (TPSA) is 26.3 Å². The lowest BCUT2D eigenvalue weighted by atomic mass is 10.2. The number of hydrogen-bond acceptors (Lipinski definition) is 2. The maximum atomic E-state index is 12.0. The van der Waals surface area contributed by atoms with Crippen LogP contribution in [0.5, 0.6) is 0 Å². The zero-order valence-electron chi connectivity index (χ0n) is 7.07. The van der Waals surface area contributed by atoms with Crippen molar-refractivity contribution in [1.82, 2.24) is 0 Å². The van der Waals surface area contributed by atoms with Crippen molar-refractivity contribution in [3.63, 3.8) is 0 Å². The van der Waals surface area contributed by atoms with Crippen LogP contribution in [0.1, 0.15) is 6.92 Å². The van der Waals surface area contributed by atoms with Gasteiger partial charge in [-0.25, -0.2) is 0 Å². The van der Waals surface area contributed by atoms with Crippen molar-refractivity contribution in [2.24, 2.45) is 0 Å². The lowest BCUT2D eigenvalue weighted by Gasteiger charge is -2.19. The predicted molar refractivity (Wildman–Crippen MR) is 46.3 cm³/mol. The number of ether oxygens (including phenoxy) is 1. The molecule has 82 valence electrons. The molecule has 0 aliphatic rings. The molecule has 0 spiro atoms. The molecule has 0 N–H and O–H groups in total. The summed E-state index contributed by atoms with van der Waals surface area (Å²) in [7, 11) is 0. The van der Waals surface area contributed by atoms with Crippen molar-refractivity contribution in [1.29, 1.82) is 0 Å². The van der Waals surface area contributed by atoms with Crippen LogP contribution in [-0.2, 0) is 9.53 Å². The molecule has 2 nitrogen and oxygen atoms in total. The van der Waals surface area contributed by atoms with Crippen molar-refractivity contribution in [3.8, 4) is 0 Å². The van der Waals surface area contributed by atoms with Crippen molar-refractivity contribution in [2.45, 2.75) is 17.4 Å². The third kappa shape index (κ3) is 3.38. The number of rotatable bonds is 4. The first kappa shape index (κ1) is 13.6. The Kier molecular flexibility index (Phi) is 4.74. The van der Waals surface area contributed by atoms with Gasteiger partial charge < -0.3 is 4.74 Å². The molecule has 0 bridgehead atoms. The summed E-state index contributed by atoms with van der Waals surface area (Å²) in [6.45, 7) is 1.83. The van der Waals surface area contributed by atoms with Crippen LogP contribution in [0, 0.1) is 0 Å². The Balaban J connectivity index is 4.52. The van der Waals surface area contributed by atoms with E-state index in [1.54, 1.807) is 6.92 Å². The number of carbonyl (C=O) groups excluding carboxylic acids is 1. The summed E-state index contributed by atoms with van der Waals surface area (Å²) >= 11 is 9.65. The summed E-state index contributed by atoms with van der Waals surface area (Å²) in [5, 5.41) is 0. The summed E-state index contributed by atoms with van der Waals surface area (Å²) in [6, 6.07) is 0. The summed E-state index contributed by atoms with van der Waals surface area (Å²) in [5.41, 5.74) is 0. The van der Waals surface area contributed by atoms with E-state index in [9.17, 15) is 18.0 Å². The van der Waals surface area contributed by atoms with Crippen molar-refractivity contribution < 1.29 is 22.7 Å². The monoisotopic (exact) mass is 250 g/mol. The van der Waals surface area contributed by atoms with Gasteiger partial charge in [-0.3, -0.25) is 4.79 Å². The molecule has 0 amide bonds. The largest absolute Gasteiger partial charge is 0.501 e. The van der Waals surface area contributed by atoms with Gasteiger partial charge in [0.15, 0.2) is 0 Å². The van der Waals surface area contributed by atoms with E-state index in [4.69, 9.17) is 23.2 Å². The Bertz CT molecular complexity index is 236. The van der Waals surface area contributed by atoms with Gasteiger partial charge in [-0.05, 0) is 6.92 Å². The van der Waals surface area contributed by atoms with Crippen molar-refractivity contribution in [3.05, 3.63) is 12.3 Å². The highest BCUT2D eigenvalue weighted by molar-refractivity contribution is 6.60. The minimum Gasteiger partial charge on any atom is -0.501 e. The van der Waals surface area contributed by atoms with Gasteiger partial charge in [0.05, 0.1) is 12.9 Å². The summed E-state index contributed by atoms with van der Waals surface area (Å²) in [4.78, 5) is 10.8. The van der Waals surface area contributed by atoms with Crippen LogP contribution in [0.15, 0.2) is 12.3 Å². The molecule has 0 unspecified atom stereocenters. The molecule has 0 aromatic rings. The fraction of sp³-hybridized carbons (Fsp3) is 0.571. The number of carbonyl (C=O) groups is 1. The number of hydrogen-bond donors (Lipinski definition) is 0. The van der Waals surface area contributed by atoms with E-state index in [0.717, 1.165) is 6.26 Å². The Morgan fingerprint density at radius 1 is 1.43 bits per heavy atom. The third-order valence-electron chi connectivity index (χ3n) is 1.15. The fourth-order valence-corrected chi connectivity index (χ4v) is 0.576. The number of alkyl halides is 5. The highest BCUT2D eigenvalue weighted by Gasteiger charge is 2.57. The quantitative estimate of drug-likeness (QED) is 0.436. The van der Waals surface area contributed by atoms with Gasteiger partial charge in [0.1, 0.15) is 0 Å². The van der Waals surface area contributed by atoms with Gasteiger partial charge in [0.2, 0.25) is 5.78 Å². The van der Waals surface area contributed by atoms with Crippen LogP contribution in [0.3, 0.4) is 0 Å². The molecule has 0 aromatic carbocycles. The van der Waals surface area contributed by atoms with Gasteiger partial charge in [-0.15, -0.1) is 0 Å². The second-order valence-corrected chi connectivity index (χ2v) is 3.52. The Hall–Kier alpha value is -0.420. The minimum absolute atomic E-state index is 0.230. The van der Waals surface area contributed by atoms with Crippen LogP contribution in [0.4, 0.5) is 13.2 Å². The predicted octanol–water partition coefficient (Wildman–Crippen LogP) is 2.84. The van der Waals surface area contributed by atoms with Crippen LogP contribution >= 0.6 is 23.2 Å². The van der Waals surface area contributed by atoms with Crippen molar-refractivity contribution >= 4 is 29.0 Å². The molecule has 0 rings (SSSR count). The molecule has 7 heteroatoms. The van der Waals surface area contributed by atoms with Crippen LogP contribution in [-0.4, -0.2) is 22.9 Å². The van der Waals surface area contributed by atoms with E-state index in [-0.39, 0.29) is 6.61 Å². The molecule has 14 heavy (non-hydrogen) atoms. The highest BCUT2D eigenvalue weighted by atomic mass is 35.5. The molecule has 0 aliphatic carbocycles. The maximum absolute atomic E-state index is 12.0. The molecule has 0 radical (unpaired) electrons. The van der Waals surface area contributed by atoms with E-state index in [0.29, 0.717) is 6.08 Å². The molecule has 0 heterocycles. The zero-order chi connectivity index (χ0) is 11.4. The smallest absolute Gasteiger partial charge is 0.429 e. The van der Waals surface area contributed by atoms with E-state index in [1.165, 1.54) is 0 Å². The van der Waals surface area contributed by atoms with E-state index < -0.39 is 16.3 Å². The Labute approximate surface area is 88.6 Å². The van der Waals surface area contributed by atoms with E-state index in [2.05, 4.69) is 4.74 Å². The maximum Gasteiger partial charge on any atom is 0.429 e. The zero-order valence-corrected chi connectivity index (χ0v) is 8.58. The molecule has 0 saturated carbocycles. The lowest BCUT2D eigenvalue weighted by Crippen LogP contribution is -2.41. The first-order valence-electron chi connectivity index (χ1n) is 3.50. The molecule has 0 aliphatic heterocycles. The highest BCUT2D eigenvalue weighted by Crippen LogP contribution is 2.40. The molecule has 0 saturated heterocycles. The molecular formula is C7H7Cl2F3O2. The Morgan fingerprint density at radius 2 is 1.93 bits per heavy atom. The minimum atomic E-state index is -5.01. The number of halogens is 5. The Morgan fingerprint density at radius 3 is 2.29 bits per heavy atom. The molecular weight excluding hydrogens is 244 g/mol. The number of allylic oxidation sites excluding steroid dienone is 1. The average Bonchev–Trinajstić information content (AvgIpc) is 2.02.